The van der Waals surface area contributed by atoms with Crippen molar-refractivity contribution in [1.29, 1.82) is 0 Å². The van der Waals surface area contributed by atoms with E-state index in [4.69, 9.17) is 4.74 Å². The molecule has 1 N–H and O–H groups in total. The minimum absolute atomic E-state index is 0.0529. The highest BCUT2D eigenvalue weighted by Crippen LogP contribution is 2.35. The lowest BCUT2D eigenvalue weighted by atomic mass is 9.73. The zero-order chi connectivity index (χ0) is 20.7. The van der Waals surface area contributed by atoms with Gasteiger partial charge in [-0.3, -0.25) is 9.59 Å². The maximum atomic E-state index is 12.7. The molecule has 1 saturated carbocycles. The fourth-order valence-electron chi connectivity index (χ4n) is 3.27. The third-order valence-corrected chi connectivity index (χ3v) is 5.00. The lowest BCUT2D eigenvalue weighted by Gasteiger charge is -2.31. The number of hydrogen-bond acceptors (Lipinski definition) is 4. The number of carbonyl (C=O) groups is 2. The highest BCUT2D eigenvalue weighted by atomic mass is 16.5. The van der Waals surface area contributed by atoms with Crippen molar-refractivity contribution in [3.05, 3.63) is 11.3 Å². The van der Waals surface area contributed by atoms with Crippen LogP contribution in [0.5, 0.6) is 0 Å². The summed E-state index contributed by atoms with van der Waals surface area (Å²) in [6.07, 6.45) is 3.16. The van der Waals surface area contributed by atoms with Crippen LogP contribution in [0.4, 0.5) is 0 Å². The first-order valence-electron chi connectivity index (χ1n) is 10.2. The summed E-state index contributed by atoms with van der Waals surface area (Å²) in [5.74, 6) is 6.55. The molecule has 0 aromatic carbocycles. The molecule has 0 aromatic heterocycles. The molecule has 152 valence electrons. The van der Waals surface area contributed by atoms with Crippen LogP contribution in [-0.4, -0.2) is 30.3 Å². The van der Waals surface area contributed by atoms with E-state index in [9.17, 15) is 9.59 Å². The predicted molar refractivity (Wildman–Crippen MR) is 110 cm³/mol. The summed E-state index contributed by atoms with van der Waals surface area (Å²) in [5, 5.41) is 3.28. The van der Waals surface area contributed by atoms with Gasteiger partial charge in [0.15, 0.2) is 11.6 Å². The minimum Gasteiger partial charge on any atom is -0.377 e. The number of rotatable bonds is 8. The van der Waals surface area contributed by atoms with Crippen LogP contribution in [0.25, 0.3) is 0 Å². The van der Waals surface area contributed by atoms with Gasteiger partial charge in [0, 0.05) is 31.1 Å². The summed E-state index contributed by atoms with van der Waals surface area (Å²) in [6.45, 7) is 15.3. The van der Waals surface area contributed by atoms with E-state index in [1.165, 1.54) is 0 Å². The molecule has 4 heteroatoms. The Hall–Kier alpha value is -1.60. The Labute approximate surface area is 165 Å². The minimum atomic E-state index is -0.301. The smallest absolute Gasteiger partial charge is 0.168 e. The van der Waals surface area contributed by atoms with E-state index in [1.54, 1.807) is 0 Å². The molecule has 27 heavy (non-hydrogen) atoms. The van der Waals surface area contributed by atoms with Crippen LogP contribution in [0.2, 0.25) is 0 Å². The average molecular weight is 376 g/mol. The van der Waals surface area contributed by atoms with Gasteiger partial charge in [-0.1, -0.05) is 39.5 Å². The van der Waals surface area contributed by atoms with Crippen LogP contribution in [0.1, 0.15) is 80.6 Å². The van der Waals surface area contributed by atoms with Crippen molar-refractivity contribution in [3.63, 3.8) is 0 Å². The normalized spacial score (nSPS) is 18.0. The number of allylic oxidation sites excluding steroid dienone is 2. The Morgan fingerprint density at radius 3 is 2.33 bits per heavy atom. The molecule has 1 unspecified atom stereocenters. The van der Waals surface area contributed by atoms with Crippen LogP contribution in [-0.2, 0) is 14.3 Å². The third-order valence-electron chi connectivity index (χ3n) is 5.00. The highest BCUT2D eigenvalue weighted by molar-refractivity contribution is 6.22. The summed E-state index contributed by atoms with van der Waals surface area (Å²) in [5.41, 5.74) is 0.521. The number of ether oxygens (including phenoxy) is 1. The molecule has 4 nitrogen and oxygen atoms in total. The molecule has 0 heterocycles. The van der Waals surface area contributed by atoms with Crippen molar-refractivity contribution in [3.8, 4) is 11.8 Å². The molecule has 0 aromatic rings. The van der Waals surface area contributed by atoms with Crippen molar-refractivity contribution >= 4 is 11.6 Å². The Morgan fingerprint density at radius 1 is 1.22 bits per heavy atom. The van der Waals surface area contributed by atoms with Crippen LogP contribution in [0.3, 0.4) is 0 Å². The molecule has 0 spiro atoms. The van der Waals surface area contributed by atoms with Gasteiger partial charge in [-0.25, -0.2) is 0 Å². The fourth-order valence-corrected chi connectivity index (χ4v) is 3.27. The lowest BCUT2D eigenvalue weighted by molar-refractivity contribution is -0.127. The van der Waals surface area contributed by atoms with Gasteiger partial charge in [-0.15, -0.1) is 0 Å². The largest absolute Gasteiger partial charge is 0.377 e. The Bertz CT molecular complexity index is 610. The molecule has 1 rings (SSSR count). The van der Waals surface area contributed by atoms with E-state index in [2.05, 4.69) is 31.0 Å². The van der Waals surface area contributed by atoms with E-state index >= 15 is 0 Å². The molecule has 1 fully saturated rings. The zero-order valence-electron chi connectivity index (χ0n) is 18.3. The van der Waals surface area contributed by atoms with Gasteiger partial charge in [0.25, 0.3) is 0 Å². The van der Waals surface area contributed by atoms with Crippen LogP contribution < -0.4 is 5.32 Å². The zero-order valence-corrected chi connectivity index (χ0v) is 18.3. The molecule has 1 atom stereocenters. The van der Waals surface area contributed by atoms with Gasteiger partial charge < -0.3 is 10.1 Å². The van der Waals surface area contributed by atoms with E-state index in [0.29, 0.717) is 43.9 Å². The number of ketones is 2. The van der Waals surface area contributed by atoms with Crippen molar-refractivity contribution in [2.45, 2.75) is 86.2 Å². The molecule has 0 amide bonds. The second-order valence-corrected chi connectivity index (χ2v) is 8.89. The lowest BCUT2D eigenvalue weighted by Crippen LogP contribution is -2.35. The van der Waals surface area contributed by atoms with Crippen molar-refractivity contribution < 1.29 is 14.3 Å². The molecule has 0 saturated heterocycles. The average Bonchev–Trinajstić information content (AvgIpc) is 2.53. The van der Waals surface area contributed by atoms with Gasteiger partial charge in [-0.05, 0) is 45.4 Å². The van der Waals surface area contributed by atoms with Crippen molar-refractivity contribution in [2.24, 2.45) is 11.3 Å². The molecule has 1 aliphatic rings. The monoisotopic (exact) mass is 375 g/mol. The first-order valence-corrected chi connectivity index (χ1v) is 10.2. The number of nitrogens with one attached hydrogen (secondary N) is 1. The van der Waals surface area contributed by atoms with E-state index in [0.717, 1.165) is 18.5 Å². The first kappa shape index (κ1) is 23.4. The summed E-state index contributed by atoms with van der Waals surface area (Å²) < 4.78 is 5.78. The van der Waals surface area contributed by atoms with Crippen LogP contribution in [0.15, 0.2) is 11.3 Å². The molecular weight excluding hydrogens is 338 g/mol. The van der Waals surface area contributed by atoms with Gasteiger partial charge in [0.2, 0.25) is 0 Å². The Morgan fingerprint density at radius 2 is 1.81 bits per heavy atom. The fraction of sp³-hybridized carbons (Fsp3) is 0.739. The second kappa shape index (κ2) is 10.1. The summed E-state index contributed by atoms with van der Waals surface area (Å²) in [7, 11) is 0. The maximum Gasteiger partial charge on any atom is 0.168 e. The molecule has 0 bridgehead atoms. The number of carbonyl (C=O) groups excluding carboxylic acids is 2. The number of Topliss-reactive ketones (excluding diaryl/α,β-unsaturated/α-hetero) is 2. The van der Waals surface area contributed by atoms with Crippen molar-refractivity contribution in [2.75, 3.05) is 13.2 Å². The van der Waals surface area contributed by atoms with Gasteiger partial charge in [0.05, 0.1) is 17.7 Å². The summed E-state index contributed by atoms with van der Waals surface area (Å²) in [4.78, 5) is 25.4. The van der Waals surface area contributed by atoms with Crippen molar-refractivity contribution in [1.82, 2.24) is 5.32 Å². The summed E-state index contributed by atoms with van der Waals surface area (Å²) in [6, 6.07) is 0. The quantitative estimate of drug-likeness (QED) is 0.387. The molecule has 1 aliphatic carbocycles. The SMILES string of the molecule is CCOC(C)(C)CCC(NCC#CC(C)CC)=C1C(=O)CC(C)(C)CC1=O. The topological polar surface area (TPSA) is 55.4 Å². The highest BCUT2D eigenvalue weighted by Gasteiger charge is 2.37. The van der Waals surface area contributed by atoms with Gasteiger partial charge in [0.1, 0.15) is 0 Å². The Kier molecular flexibility index (Phi) is 8.75. The van der Waals surface area contributed by atoms with E-state index < -0.39 is 0 Å². The molecule has 0 radical (unpaired) electrons. The molecule has 0 aliphatic heterocycles. The van der Waals surface area contributed by atoms with Gasteiger partial charge in [-0.2, -0.15) is 0 Å². The van der Waals surface area contributed by atoms with Crippen LogP contribution in [0, 0.1) is 23.2 Å². The van der Waals surface area contributed by atoms with E-state index in [-0.39, 0.29) is 22.6 Å². The predicted octanol–water partition coefficient (Wildman–Crippen LogP) is 4.43. The number of hydrogen-bond donors (Lipinski definition) is 1. The van der Waals surface area contributed by atoms with Gasteiger partial charge >= 0.3 is 0 Å². The van der Waals surface area contributed by atoms with Crippen LogP contribution >= 0.6 is 0 Å². The van der Waals surface area contributed by atoms with E-state index in [1.807, 2.05) is 34.6 Å². The second-order valence-electron chi connectivity index (χ2n) is 8.89. The third kappa shape index (κ3) is 7.89. The first-order chi connectivity index (χ1) is 12.5. The standard InChI is InChI=1S/C23H37NO3/c1-8-17(3)11-10-14-24-18(12-13-23(6,7)27-9-2)21-19(25)15-22(4,5)16-20(21)26/h17,24H,8-9,12-16H2,1-7H3. The summed E-state index contributed by atoms with van der Waals surface area (Å²) >= 11 is 0. The Balaban J connectivity index is 3.03. The molecular formula is C23H37NO3. The maximum absolute atomic E-state index is 12.7.